The summed E-state index contributed by atoms with van der Waals surface area (Å²) >= 11 is 0. The maximum absolute atomic E-state index is 12.6. The zero-order valence-electron chi connectivity index (χ0n) is 12.3. The lowest BCUT2D eigenvalue weighted by Crippen LogP contribution is -2.43. The fourth-order valence-corrected chi connectivity index (χ4v) is 3.40. The van der Waals surface area contributed by atoms with Crippen LogP contribution in [0, 0.1) is 0 Å². The molecule has 1 spiro atoms. The molecule has 0 radical (unpaired) electrons. The number of amides is 4. The van der Waals surface area contributed by atoms with Crippen molar-refractivity contribution in [3.05, 3.63) is 59.2 Å². The number of nitrogens with one attached hydrogen (secondary N) is 3. The van der Waals surface area contributed by atoms with Gasteiger partial charge in [0, 0.05) is 18.2 Å². The van der Waals surface area contributed by atoms with Gasteiger partial charge in [0.05, 0.1) is 0 Å². The van der Waals surface area contributed by atoms with E-state index < -0.39 is 17.5 Å². The van der Waals surface area contributed by atoms with Gasteiger partial charge in [-0.05, 0) is 28.8 Å². The van der Waals surface area contributed by atoms with Crippen LogP contribution < -0.4 is 16.0 Å². The molecular weight excluding hydrogens is 294 g/mol. The summed E-state index contributed by atoms with van der Waals surface area (Å²) in [5, 5.41) is 7.61. The molecule has 2 aromatic rings. The summed E-state index contributed by atoms with van der Waals surface area (Å²) in [4.78, 5) is 36.3. The molecule has 3 N–H and O–H groups in total. The third-order valence-electron chi connectivity index (χ3n) is 4.40. The third-order valence-corrected chi connectivity index (χ3v) is 4.40. The van der Waals surface area contributed by atoms with Crippen molar-refractivity contribution >= 4 is 17.8 Å². The van der Waals surface area contributed by atoms with Crippen LogP contribution in [-0.4, -0.2) is 24.9 Å². The lowest BCUT2D eigenvalue weighted by atomic mass is 9.87. The normalized spacial score (nSPS) is 20.7. The number of imide groups is 1. The van der Waals surface area contributed by atoms with Crippen molar-refractivity contribution < 1.29 is 14.4 Å². The molecule has 1 atom stereocenters. The minimum Gasteiger partial charge on any atom is -0.355 e. The largest absolute Gasteiger partial charge is 0.355 e. The van der Waals surface area contributed by atoms with Gasteiger partial charge < -0.3 is 10.6 Å². The zero-order chi connectivity index (χ0) is 16.2. The van der Waals surface area contributed by atoms with Crippen molar-refractivity contribution in [3.8, 4) is 11.1 Å². The molecule has 1 heterocycles. The number of carbonyl (C=O) groups excluding carboxylic acids is 3. The fourth-order valence-electron chi connectivity index (χ4n) is 3.40. The maximum Gasteiger partial charge on any atom is 0.322 e. The smallest absolute Gasteiger partial charge is 0.322 e. The van der Waals surface area contributed by atoms with Crippen LogP contribution >= 0.6 is 0 Å². The van der Waals surface area contributed by atoms with Gasteiger partial charge >= 0.3 is 6.03 Å². The Morgan fingerprint density at radius 2 is 1.78 bits per heavy atom. The SMILES string of the molecule is CNC(=O)c1ccc2c(c1)C1(NC(=O)NC1=O)c1ccccc1-2. The van der Waals surface area contributed by atoms with Crippen LogP contribution in [0.4, 0.5) is 4.79 Å². The minimum absolute atomic E-state index is 0.247. The number of fused-ring (bicyclic) bond motifs is 5. The van der Waals surface area contributed by atoms with Crippen LogP contribution in [0.1, 0.15) is 21.5 Å². The number of rotatable bonds is 1. The Kier molecular flexibility index (Phi) is 2.60. The Morgan fingerprint density at radius 1 is 1.04 bits per heavy atom. The van der Waals surface area contributed by atoms with E-state index >= 15 is 0 Å². The van der Waals surface area contributed by atoms with Crippen molar-refractivity contribution in [2.75, 3.05) is 7.05 Å². The van der Waals surface area contributed by atoms with Gasteiger partial charge in [0.25, 0.3) is 11.8 Å². The van der Waals surface area contributed by atoms with E-state index in [2.05, 4.69) is 16.0 Å². The predicted molar refractivity (Wildman–Crippen MR) is 82.7 cm³/mol. The molecule has 4 amide bonds. The molecule has 23 heavy (non-hydrogen) atoms. The van der Waals surface area contributed by atoms with Crippen molar-refractivity contribution in [2.45, 2.75) is 5.54 Å². The molecule has 0 aromatic heterocycles. The second kappa shape index (κ2) is 4.42. The second-order valence-corrected chi connectivity index (χ2v) is 5.54. The van der Waals surface area contributed by atoms with E-state index in [4.69, 9.17) is 0 Å². The Labute approximate surface area is 131 Å². The van der Waals surface area contributed by atoms with Gasteiger partial charge in [-0.2, -0.15) is 0 Å². The first-order valence-corrected chi connectivity index (χ1v) is 7.18. The van der Waals surface area contributed by atoms with Gasteiger partial charge in [-0.3, -0.25) is 14.9 Å². The van der Waals surface area contributed by atoms with Gasteiger partial charge in [0.2, 0.25) is 0 Å². The summed E-state index contributed by atoms with van der Waals surface area (Å²) in [7, 11) is 1.55. The van der Waals surface area contributed by atoms with Crippen molar-refractivity contribution in [1.29, 1.82) is 0 Å². The first-order chi connectivity index (χ1) is 11.1. The van der Waals surface area contributed by atoms with Crippen LogP contribution in [0.2, 0.25) is 0 Å². The predicted octanol–water partition coefficient (Wildman–Crippen LogP) is 1.11. The Morgan fingerprint density at radius 3 is 2.48 bits per heavy atom. The third kappa shape index (κ3) is 1.60. The molecule has 1 unspecified atom stereocenters. The van der Waals surface area contributed by atoms with Crippen LogP contribution in [0.3, 0.4) is 0 Å². The lowest BCUT2D eigenvalue weighted by Gasteiger charge is -2.23. The number of benzene rings is 2. The summed E-state index contributed by atoms with van der Waals surface area (Å²) in [6.45, 7) is 0. The van der Waals surface area contributed by atoms with Gasteiger partial charge in [-0.15, -0.1) is 0 Å². The van der Waals surface area contributed by atoms with Crippen LogP contribution in [0.15, 0.2) is 42.5 Å². The number of hydrogen-bond acceptors (Lipinski definition) is 3. The van der Waals surface area contributed by atoms with Crippen LogP contribution in [0.25, 0.3) is 11.1 Å². The highest BCUT2D eigenvalue weighted by Gasteiger charge is 2.54. The van der Waals surface area contributed by atoms with E-state index in [0.29, 0.717) is 16.7 Å². The molecule has 1 fully saturated rings. The van der Waals surface area contributed by atoms with E-state index in [0.717, 1.165) is 11.1 Å². The highest BCUT2D eigenvalue weighted by Crippen LogP contribution is 2.48. The maximum atomic E-state index is 12.6. The Hall–Kier alpha value is -3.15. The van der Waals surface area contributed by atoms with Crippen LogP contribution in [-0.2, 0) is 10.3 Å². The van der Waals surface area contributed by atoms with Gasteiger partial charge in [-0.25, -0.2) is 4.79 Å². The number of urea groups is 1. The lowest BCUT2D eigenvalue weighted by molar-refractivity contribution is -0.122. The molecular formula is C17H13N3O3. The Bertz CT molecular complexity index is 890. The fraction of sp³-hybridized carbons (Fsp3) is 0.118. The summed E-state index contributed by atoms with van der Waals surface area (Å²) in [5.74, 6) is -0.675. The second-order valence-electron chi connectivity index (χ2n) is 5.54. The van der Waals surface area contributed by atoms with Crippen molar-refractivity contribution in [3.63, 3.8) is 0 Å². The topological polar surface area (TPSA) is 87.3 Å². The molecule has 1 aliphatic heterocycles. The highest BCUT2D eigenvalue weighted by atomic mass is 16.2. The minimum atomic E-state index is -1.27. The van der Waals surface area contributed by atoms with Gasteiger partial charge in [0.15, 0.2) is 5.54 Å². The molecule has 0 saturated carbocycles. The van der Waals surface area contributed by atoms with E-state index in [1.165, 1.54) is 0 Å². The molecule has 4 rings (SSSR count). The van der Waals surface area contributed by atoms with Crippen molar-refractivity contribution in [2.24, 2.45) is 0 Å². The molecule has 0 bridgehead atoms. The monoisotopic (exact) mass is 307 g/mol. The molecule has 1 saturated heterocycles. The molecule has 1 aliphatic carbocycles. The molecule has 6 nitrogen and oxygen atoms in total. The highest BCUT2D eigenvalue weighted by molar-refractivity contribution is 6.13. The summed E-state index contributed by atoms with van der Waals surface area (Å²) < 4.78 is 0. The van der Waals surface area contributed by atoms with E-state index in [1.54, 1.807) is 19.2 Å². The van der Waals surface area contributed by atoms with Crippen molar-refractivity contribution in [1.82, 2.24) is 16.0 Å². The summed E-state index contributed by atoms with van der Waals surface area (Å²) in [6.07, 6.45) is 0. The number of carbonyl (C=O) groups is 3. The molecule has 6 heteroatoms. The van der Waals surface area contributed by atoms with Gasteiger partial charge in [-0.1, -0.05) is 30.3 Å². The quantitative estimate of drug-likeness (QED) is 0.690. The Balaban J connectivity index is 2.03. The van der Waals surface area contributed by atoms with E-state index in [1.807, 2.05) is 30.3 Å². The average Bonchev–Trinajstić information content (AvgIpc) is 3.02. The standard InChI is InChI=1S/C17H13N3O3/c1-18-14(21)9-6-7-11-10-4-2-3-5-12(10)17(13(11)8-9)15(22)19-16(23)20-17/h2-8H,1H3,(H,18,21)(H2,19,20,22,23). The number of hydrogen-bond donors (Lipinski definition) is 3. The van der Waals surface area contributed by atoms with Crippen LogP contribution in [0.5, 0.6) is 0 Å². The molecule has 2 aliphatic rings. The van der Waals surface area contributed by atoms with E-state index in [9.17, 15) is 14.4 Å². The van der Waals surface area contributed by atoms with E-state index in [-0.39, 0.29) is 5.91 Å². The summed E-state index contributed by atoms with van der Waals surface area (Å²) in [5.41, 5.74) is 2.21. The summed E-state index contributed by atoms with van der Waals surface area (Å²) in [6, 6.07) is 12.1. The molecule has 114 valence electrons. The zero-order valence-corrected chi connectivity index (χ0v) is 12.3. The molecule has 2 aromatic carbocycles. The first-order valence-electron chi connectivity index (χ1n) is 7.18. The first kappa shape index (κ1) is 13.5. The average molecular weight is 307 g/mol. The van der Waals surface area contributed by atoms with Gasteiger partial charge in [0.1, 0.15) is 0 Å².